The van der Waals surface area contributed by atoms with Gasteiger partial charge in [0, 0.05) is 12.8 Å². The second-order valence-corrected chi connectivity index (χ2v) is 17.9. The molecule has 0 aromatic rings. The van der Waals surface area contributed by atoms with Crippen LogP contribution in [0, 0.1) is 0 Å². The Morgan fingerprint density at radius 3 is 1.43 bits per heavy atom. The molecule has 9 nitrogen and oxygen atoms in total. The highest BCUT2D eigenvalue weighted by Crippen LogP contribution is 2.43. The Kier molecular flexibility index (Phi) is 36.5. The Balaban J connectivity index is 4.32. The van der Waals surface area contributed by atoms with Gasteiger partial charge in [-0.05, 0) is 32.1 Å². The number of phosphoric acid groups is 1. The summed E-state index contributed by atoms with van der Waals surface area (Å²) in [6, 6.07) is 0. The summed E-state index contributed by atoms with van der Waals surface area (Å²) >= 11 is 0. The van der Waals surface area contributed by atoms with E-state index in [1.807, 2.05) is 21.1 Å². The third-order valence-corrected chi connectivity index (χ3v) is 10.8. The van der Waals surface area contributed by atoms with Gasteiger partial charge in [0.2, 0.25) is 0 Å². The highest BCUT2D eigenvalue weighted by molar-refractivity contribution is 7.47. The van der Waals surface area contributed by atoms with E-state index in [1.54, 1.807) is 0 Å². The van der Waals surface area contributed by atoms with E-state index >= 15 is 0 Å². The molecule has 0 aliphatic heterocycles. The van der Waals surface area contributed by atoms with Gasteiger partial charge in [-0.1, -0.05) is 174 Å². The van der Waals surface area contributed by atoms with Gasteiger partial charge < -0.3 is 18.9 Å². The first-order chi connectivity index (χ1) is 26.0. The number of quaternary nitrogens is 1. The SMILES string of the molecule is CCCC/C=C/CCCCCCCCCCCC(=O)OC[C@H](COP(=O)(O)OCC[N+](C)(C)C)OC(=O)CCCCCCCCCCCCCCCCC. The molecule has 54 heavy (non-hydrogen) atoms. The van der Waals surface area contributed by atoms with Crippen molar-refractivity contribution in [3.63, 3.8) is 0 Å². The number of esters is 2. The summed E-state index contributed by atoms with van der Waals surface area (Å²) in [5.41, 5.74) is 0. The summed E-state index contributed by atoms with van der Waals surface area (Å²) in [5.74, 6) is -0.791. The van der Waals surface area contributed by atoms with E-state index in [-0.39, 0.29) is 25.6 Å². The summed E-state index contributed by atoms with van der Waals surface area (Å²) in [5, 5.41) is 0. The van der Waals surface area contributed by atoms with Crippen LogP contribution in [0.15, 0.2) is 12.2 Å². The zero-order valence-electron chi connectivity index (χ0n) is 36.0. The number of hydrogen-bond donors (Lipinski definition) is 1. The van der Waals surface area contributed by atoms with Crippen molar-refractivity contribution in [1.29, 1.82) is 0 Å². The highest BCUT2D eigenvalue weighted by Gasteiger charge is 2.27. The predicted molar refractivity (Wildman–Crippen MR) is 224 cm³/mol. The first-order valence-electron chi connectivity index (χ1n) is 22.4. The van der Waals surface area contributed by atoms with Gasteiger partial charge in [0.05, 0.1) is 27.7 Å². The minimum atomic E-state index is -4.37. The van der Waals surface area contributed by atoms with Crippen molar-refractivity contribution in [3.8, 4) is 0 Å². The third-order valence-electron chi connectivity index (χ3n) is 9.80. The van der Waals surface area contributed by atoms with Gasteiger partial charge >= 0.3 is 19.8 Å². The fraction of sp³-hybridized carbons (Fsp3) is 0.909. The van der Waals surface area contributed by atoms with Crippen LogP contribution >= 0.6 is 7.82 Å². The average Bonchev–Trinajstić information content (AvgIpc) is 3.12. The first-order valence-corrected chi connectivity index (χ1v) is 23.9. The van der Waals surface area contributed by atoms with Crippen molar-refractivity contribution in [1.82, 2.24) is 0 Å². The molecule has 0 radical (unpaired) electrons. The van der Waals surface area contributed by atoms with Crippen molar-refractivity contribution < 1.29 is 42.1 Å². The number of allylic oxidation sites excluding steroid dienone is 2. The van der Waals surface area contributed by atoms with Gasteiger partial charge in [-0.15, -0.1) is 0 Å². The molecule has 0 aliphatic rings. The molecule has 2 atom stereocenters. The molecule has 0 rings (SSSR count). The monoisotopic (exact) mass is 789 g/mol. The molecule has 1 unspecified atom stereocenters. The van der Waals surface area contributed by atoms with Gasteiger partial charge in [0.15, 0.2) is 6.10 Å². The molecular formula is C44H87NO8P+. The van der Waals surface area contributed by atoms with Crippen LogP contribution in [0.4, 0.5) is 0 Å². The summed E-state index contributed by atoms with van der Waals surface area (Å²) in [7, 11) is 1.49. The third kappa shape index (κ3) is 40.4. The molecule has 0 aromatic carbocycles. The van der Waals surface area contributed by atoms with Crippen molar-refractivity contribution in [2.75, 3.05) is 47.5 Å². The number of phosphoric ester groups is 1. The Morgan fingerprint density at radius 2 is 0.963 bits per heavy atom. The Labute approximate surface area is 333 Å². The van der Waals surface area contributed by atoms with Crippen LogP contribution in [0.25, 0.3) is 0 Å². The summed E-state index contributed by atoms with van der Waals surface area (Å²) in [6.45, 7) is 4.42. The van der Waals surface area contributed by atoms with E-state index in [0.717, 1.165) is 32.1 Å². The van der Waals surface area contributed by atoms with E-state index in [2.05, 4.69) is 26.0 Å². The smallest absolute Gasteiger partial charge is 0.462 e. The van der Waals surface area contributed by atoms with Crippen molar-refractivity contribution in [2.45, 2.75) is 213 Å². The number of nitrogens with zero attached hydrogens (tertiary/aromatic N) is 1. The zero-order chi connectivity index (χ0) is 40.0. The zero-order valence-corrected chi connectivity index (χ0v) is 36.9. The lowest BCUT2D eigenvalue weighted by Gasteiger charge is -2.24. The van der Waals surface area contributed by atoms with Crippen molar-refractivity contribution in [2.24, 2.45) is 0 Å². The number of likely N-dealkylation sites (N-methyl/N-ethyl adjacent to an activating group) is 1. The van der Waals surface area contributed by atoms with Gasteiger partial charge in [-0.2, -0.15) is 0 Å². The van der Waals surface area contributed by atoms with Crippen molar-refractivity contribution >= 4 is 19.8 Å². The molecule has 0 amide bonds. The summed E-state index contributed by atoms with van der Waals surface area (Å²) in [4.78, 5) is 35.4. The molecule has 0 aliphatic carbocycles. The van der Waals surface area contributed by atoms with Crippen molar-refractivity contribution in [3.05, 3.63) is 12.2 Å². The molecule has 0 aromatic heterocycles. The van der Waals surface area contributed by atoms with Crippen LogP contribution in [-0.2, 0) is 32.7 Å². The molecule has 10 heteroatoms. The van der Waals surface area contributed by atoms with Crippen LogP contribution in [0.2, 0.25) is 0 Å². The fourth-order valence-corrected chi connectivity index (χ4v) is 6.97. The molecular weight excluding hydrogens is 701 g/mol. The quantitative estimate of drug-likeness (QED) is 0.0214. The Hall–Kier alpha value is -1.25. The largest absolute Gasteiger partial charge is 0.472 e. The molecule has 0 saturated carbocycles. The second-order valence-electron chi connectivity index (χ2n) is 16.4. The number of carbonyl (C=O) groups is 2. The standard InChI is InChI=1S/C44H86NO8P/c1-6-8-10-12-14-16-18-20-22-24-26-28-30-32-34-36-43(46)50-40-42(41-52-54(48,49)51-39-38-45(3,4)5)53-44(47)37-35-33-31-29-27-25-23-21-19-17-15-13-11-9-7-2/h12,14,42H,6-11,13,15-41H2,1-5H3/p+1/b14-12+/t42-/m1/s1. The lowest BCUT2D eigenvalue weighted by Crippen LogP contribution is -2.37. The summed E-state index contributed by atoms with van der Waals surface area (Å²) < 4.78 is 34.3. The van der Waals surface area contributed by atoms with Gasteiger partial charge in [-0.25, -0.2) is 4.57 Å². The van der Waals surface area contributed by atoms with E-state index < -0.39 is 26.5 Å². The number of ether oxygens (including phenoxy) is 2. The second kappa shape index (κ2) is 37.3. The highest BCUT2D eigenvalue weighted by atomic mass is 31.2. The van der Waals surface area contributed by atoms with Crippen LogP contribution in [0.5, 0.6) is 0 Å². The van der Waals surface area contributed by atoms with E-state index in [1.165, 1.54) is 141 Å². The molecule has 0 heterocycles. The summed E-state index contributed by atoms with van der Waals surface area (Å²) in [6.07, 6.45) is 38.2. The normalized spacial score (nSPS) is 13.7. The molecule has 0 fully saturated rings. The lowest BCUT2D eigenvalue weighted by atomic mass is 10.0. The molecule has 1 N–H and O–H groups in total. The maximum Gasteiger partial charge on any atom is 0.472 e. The minimum Gasteiger partial charge on any atom is -0.462 e. The molecule has 0 saturated heterocycles. The molecule has 320 valence electrons. The Bertz CT molecular complexity index is 938. The molecule has 0 spiro atoms. The van der Waals surface area contributed by atoms with E-state index in [9.17, 15) is 19.0 Å². The number of rotatable bonds is 41. The first kappa shape index (κ1) is 52.8. The van der Waals surface area contributed by atoms with E-state index in [0.29, 0.717) is 23.9 Å². The maximum absolute atomic E-state index is 12.7. The van der Waals surface area contributed by atoms with Crippen LogP contribution in [0.3, 0.4) is 0 Å². The number of hydrogen-bond acceptors (Lipinski definition) is 7. The van der Waals surface area contributed by atoms with Crippen LogP contribution in [-0.4, -0.2) is 74.9 Å². The number of carbonyl (C=O) groups excluding carboxylic acids is 2. The van der Waals surface area contributed by atoms with Crippen LogP contribution in [0.1, 0.15) is 206 Å². The Morgan fingerprint density at radius 1 is 0.556 bits per heavy atom. The molecule has 0 bridgehead atoms. The topological polar surface area (TPSA) is 108 Å². The number of unbranched alkanes of at least 4 members (excludes halogenated alkanes) is 25. The van der Waals surface area contributed by atoms with Crippen LogP contribution < -0.4 is 0 Å². The van der Waals surface area contributed by atoms with Gasteiger partial charge in [-0.3, -0.25) is 18.6 Å². The van der Waals surface area contributed by atoms with E-state index in [4.69, 9.17) is 18.5 Å². The average molecular weight is 789 g/mol. The fourth-order valence-electron chi connectivity index (χ4n) is 6.23. The van der Waals surface area contributed by atoms with Gasteiger partial charge in [0.1, 0.15) is 19.8 Å². The van der Waals surface area contributed by atoms with Gasteiger partial charge in [0.25, 0.3) is 0 Å². The predicted octanol–water partition coefficient (Wildman–Crippen LogP) is 12.6. The minimum absolute atomic E-state index is 0.0347. The maximum atomic E-state index is 12.7. The lowest BCUT2D eigenvalue weighted by molar-refractivity contribution is -0.870.